The van der Waals surface area contributed by atoms with Gasteiger partial charge < -0.3 is 4.98 Å². The predicted molar refractivity (Wildman–Crippen MR) is 255 cm³/mol. The van der Waals surface area contributed by atoms with E-state index in [0.29, 0.717) is 17.5 Å². The van der Waals surface area contributed by atoms with Crippen LogP contribution in [0.1, 0.15) is 11.1 Å². The zero-order valence-corrected chi connectivity index (χ0v) is 37.2. The molecule has 0 atom stereocenters. The van der Waals surface area contributed by atoms with Crippen LogP contribution in [-0.2, 0) is 20.1 Å². The summed E-state index contributed by atoms with van der Waals surface area (Å²) >= 11 is 0. The molecule has 2 heterocycles. The van der Waals surface area contributed by atoms with E-state index in [-0.39, 0.29) is 20.1 Å². The molecule has 0 spiro atoms. The molecule has 4 nitrogen and oxygen atoms in total. The van der Waals surface area contributed by atoms with Crippen molar-refractivity contribution < 1.29 is 20.1 Å². The molecule has 0 bridgehead atoms. The summed E-state index contributed by atoms with van der Waals surface area (Å²) in [5, 5.41) is 0. The maximum atomic E-state index is 5.09. The van der Waals surface area contributed by atoms with E-state index in [4.69, 9.17) is 19.9 Å². The van der Waals surface area contributed by atoms with Gasteiger partial charge in [0.1, 0.15) is 0 Å². The molecular weight excluding hydrogens is 945 g/mol. The van der Waals surface area contributed by atoms with Crippen molar-refractivity contribution in [3.05, 3.63) is 230 Å². The van der Waals surface area contributed by atoms with Gasteiger partial charge in [-0.1, -0.05) is 210 Å². The molecule has 303 valence electrons. The van der Waals surface area contributed by atoms with Gasteiger partial charge in [0, 0.05) is 43.0 Å². The van der Waals surface area contributed by atoms with E-state index in [9.17, 15) is 0 Å². The molecule has 0 amide bonds. The molecule has 8 aromatic carbocycles. The molecule has 0 saturated carbocycles. The van der Waals surface area contributed by atoms with Gasteiger partial charge in [-0.2, -0.15) is 0 Å². The molecule has 2 aromatic heterocycles. The zero-order valence-electron chi connectivity index (χ0n) is 34.8. The summed E-state index contributed by atoms with van der Waals surface area (Å²) in [7, 11) is 0. The Morgan fingerprint density at radius 1 is 0.333 bits per heavy atom. The smallest absolute Gasteiger partial charge is 0.165 e. The van der Waals surface area contributed by atoms with Gasteiger partial charge in [-0.25, -0.2) is 15.0 Å². The molecule has 0 fully saturated rings. The minimum Gasteiger partial charge on any atom is -0.304 e. The molecule has 63 heavy (non-hydrogen) atoms. The van der Waals surface area contributed by atoms with Crippen LogP contribution in [0.3, 0.4) is 0 Å². The van der Waals surface area contributed by atoms with E-state index in [2.05, 4.69) is 202 Å². The van der Waals surface area contributed by atoms with Crippen LogP contribution in [0.4, 0.5) is 0 Å². The Bertz CT molecular complexity index is 3060. The van der Waals surface area contributed by atoms with Gasteiger partial charge in [0.15, 0.2) is 17.5 Å². The van der Waals surface area contributed by atoms with E-state index in [1.807, 2.05) is 30.5 Å². The van der Waals surface area contributed by atoms with Crippen LogP contribution in [0.2, 0.25) is 0 Å². The first-order valence-corrected chi connectivity index (χ1v) is 20.9. The fraction of sp³-hybridized carbons (Fsp3) is 0.0345. The number of benzene rings is 8. The van der Waals surface area contributed by atoms with Crippen LogP contribution in [-0.4, -0.2) is 19.9 Å². The van der Waals surface area contributed by atoms with Crippen molar-refractivity contribution in [2.24, 2.45) is 0 Å². The summed E-state index contributed by atoms with van der Waals surface area (Å²) in [5.41, 5.74) is 18.1. The Morgan fingerprint density at radius 3 is 1.35 bits per heavy atom. The summed E-state index contributed by atoms with van der Waals surface area (Å²) in [6.07, 6.45) is 1.86. The van der Waals surface area contributed by atoms with Crippen molar-refractivity contribution in [1.82, 2.24) is 19.9 Å². The van der Waals surface area contributed by atoms with Crippen molar-refractivity contribution in [2.45, 2.75) is 13.8 Å². The van der Waals surface area contributed by atoms with Gasteiger partial charge in [-0.3, -0.25) is 0 Å². The van der Waals surface area contributed by atoms with E-state index in [1.54, 1.807) is 0 Å². The number of hydrogen-bond donors (Lipinski definition) is 0. The monoisotopic (exact) mass is 986 g/mol. The minimum atomic E-state index is 0. The molecule has 0 aliphatic rings. The average molecular weight is 986 g/mol. The number of hydrogen-bond acceptors (Lipinski definition) is 4. The van der Waals surface area contributed by atoms with Crippen molar-refractivity contribution in [3.8, 4) is 101 Å². The summed E-state index contributed by atoms with van der Waals surface area (Å²) in [4.78, 5) is 20.3. The molecule has 0 aliphatic carbocycles. The normalized spacial score (nSPS) is 10.9. The number of nitrogens with zero attached hydrogens (tertiary/aromatic N) is 4. The Balaban J connectivity index is 0.00000504. The van der Waals surface area contributed by atoms with Gasteiger partial charge in [-0.05, 0) is 70.6 Å². The number of pyridine rings is 1. The second-order valence-corrected chi connectivity index (χ2v) is 15.6. The molecule has 1 radical (unpaired) electrons. The molecule has 0 unspecified atom stereocenters. The summed E-state index contributed by atoms with van der Waals surface area (Å²) < 4.78 is 0. The molecule has 0 aliphatic heterocycles. The van der Waals surface area contributed by atoms with Gasteiger partial charge in [0.05, 0.1) is 0 Å². The van der Waals surface area contributed by atoms with Crippen LogP contribution >= 0.6 is 0 Å². The third-order valence-corrected chi connectivity index (χ3v) is 11.2. The van der Waals surface area contributed by atoms with Crippen molar-refractivity contribution in [3.63, 3.8) is 0 Å². The van der Waals surface area contributed by atoms with Crippen molar-refractivity contribution in [2.75, 3.05) is 0 Å². The maximum absolute atomic E-state index is 5.09. The standard InChI is InChI=1S/C58H41N4.Ir/c1-39-32-40(2)34-50(33-39)51-26-12-13-27-52(51)53-30-28-46(37-54(53)43-20-10-5-11-21-43)55-31-29-49(38-59-55)58-61-56(47-24-14-22-44(35-47)41-16-6-3-7-17-41)60-57(62-58)48-25-15-23-45(36-48)42-18-8-4-9-19-42;/h3-27,29-38H,1-2H3;/q-1;. The summed E-state index contributed by atoms with van der Waals surface area (Å²) in [6.45, 7) is 4.31. The van der Waals surface area contributed by atoms with Gasteiger partial charge in [0.2, 0.25) is 0 Å². The zero-order chi connectivity index (χ0) is 41.8. The van der Waals surface area contributed by atoms with E-state index >= 15 is 0 Å². The number of aryl methyl sites for hydroxylation is 2. The SMILES string of the molecule is Cc1cc(C)cc(-c2ccccc2-c2c[c-]c(-c3ccc(-c4nc(-c5cccc(-c6ccccc6)c5)nc(-c5cccc(-c6ccccc6)c5)n4)cn3)cc2-c2ccccc2)c1.[Ir]. The Morgan fingerprint density at radius 2 is 0.810 bits per heavy atom. The van der Waals surface area contributed by atoms with Crippen molar-refractivity contribution >= 4 is 0 Å². The van der Waals surface area contributed by atoms with Crippen molar-refractivity contribution in [1.29, 1.82) is 0 Å². The van der Waals surface area contributed by atoms with Crippen LogP contribution in [0.5, 0.6) is 0 Å². The van der Waals surface area contributed by atoms with Gasteiger partial charge in [0.25, 0.3) is 0 Å². The first-order chi connectivity index (χ1) is 30.5. The van der Waals surface area contributed by atoms with E-state index < -0.39 is 0 Å². The molecule has 0 saturated heterocycles. The third-order valence-electron chi connectivity index (χ3n) is 11.2. The van der Waals surface area contributed by atoms with E-state index in [0.717, 1.165) is 72.5 Å². The second-order valence-electron chi connectivity index (χ2n) is 15.6. The third kappa shape index (κ3) is 8.85. The second kappa shape index (κ2) is 18.3. The fourth-order valence-electron chi connectivity index (χ4n) is 8.20. The Hall–Kier alpha value is -7.43. The molecule has 10 aromatic rings. The van der Waals surface area contributed by atoms with E-state index in [1.165, 1.54) is 22.3 Å². The summed E-state index contributed by atoms with van der Waals surface area (Å²) in [5.74, 6) is 1.73. The summed E-state index contributed by atoms with van der Waals surface area (Å²) in [6, 6.07) is 75.5. The Labute approximate surface area is 382 Å². The van der Waals surface area contributed by atoms with Crippen LogP contribution < -0.4 is 0 Å². The fourth-order valence-corrected chi connectivity index (χ4v) is 8.20. The first-order valence-electron chi connectivity index (χ1n) is 20.9. The predicted octanol–water partition coefficient (Wildman–Crippen LogP) is 14.7. The average Bonchev–Trinajstić information content (AvgIpc) is 3.34. The van der Waals surface area contributed by atoms with Crippen LogP contribution in [0.15, 0.2) is 212 Å². The molecule has 0 N–H and O–H groups in total. The van der Waals surface area contributed by atoms with Crippen LogP contribution in [0, 0.1) is 19.9 Å². The minimum absolute atomic E-state index is 0. The maximum Gasteiger partial charge on any atom is 0.165 e. The molecular formula is C58H41IrN4-. The largest absolute Gasteiger partial charge is 0.304 e. The van der Waals surface area contributed by atoms with Gasteiger partial charge in [-0.15, -0.1) is 23.8 Å². The molecule has 5 heteroatoms. The number of aromatic nitrogens is 4. The quantitative estimate of drug-likeness (QED) is 0.135. The Kier molecular flexibility index (Phi) is 11.9. The topological polar surface area (TPSA) is 51.6 Å². The number of rotatable bonds is 9. The van der Waals surface area contributed by atoms with Gasteiger partial charge >= 0.3 is 0 Å². The first kappa shape index (κ1) is 40.9. The van der Waals surface area contributed by atoms with Crippen LogP contribution in [0.25, 0.3) is 101 Å². The molecule has 10 rings (SSSR count).